The summed E-state index contributed by atoms with van der Waals surface area (Å²) in [5.41, 5.74) is 0.394. The van der Waals surface area contributed by atoms with Crippen molar-refractivity contribution in [2.45, 2.75) is 46.3 Å². The van der Waals surface area contributed by atoms with Gasteiger partial charge in [0.05, 0.1) is 23.8 Å². The molecule has 0 spiro atoms. The van der Waals surface area contributed by atoms with Gasteiger partial charge < -0.3 is 15.2 Å². The zero-order valence-corrected chi connectivity index (χ0v) is 11.1. The van der Waals surface area contributed by atoms with Crippen LogP contribution in [0.4, 0.5) is 5.82 Å². The summed E-state index contributed by atoms with van der Waals surface area (Å²) in [7, 11) is 0. The number of ether oxygens (including phenoxy) is 1. The highest BCUT2D eigenvalue weighted by molar-refractivity contribution is 5.49. The summed E-state index contributed by atoms with van der Waals surface area (Å²) in [5.74, 6) is 1.26. The van der Waals surface area contributed by atoms with Crippen LogP contribution >= 0.6 is 0 Å². The lowest BCUT2D eigenvalue weighted by Crippen LogP contribution is -2.42. The zero-order chi connectivity index (χ0) is 13.1. The Morgan fingerprint density at radius 1 is 1.47 bits per heavy atom. The summed E-state index contributed by atoms with van der Waals surface area (Å²) in [6.07, 6.45) is 0.964. The second-order valence-electron chi connectivity index (χ2n) is 4.61. The molecule has 0 fully saturated rings. The molecule has 5 nitrogen and oxygen atoms in total. The van der Waals surface area contributed by atoms with Gasteiger partial charge in [-0.3, -0.25) is 0 Å². The predicted octanol–water partition coefficient (Wildman–Crippen LogP) is 1.76. The monoisotopic (exact) mass is 239 g/mol. The second-order valence-corrected chi connectivity index (χ2v) is 4.61. The van der Waals surface area contributed by atoms with Crippen LogP contribution in [0.3, 0.4) is 0 Å². The number of anilines is 1. The van der Waals surface area contributed by atoms with E-state index in [0.29, 0.717) is 18.3 Å². The van der Waals surface area contributed by atoms with Crippen LogP contribution in [-0.4, -0.2) is 33.3 Å². The first-order valence-electron chi connectivity index (χ1n) is 5.79. The molecular weight excluding hydrogens is 218 g/mol. The van der Waals surface area contributed by atoms with E-state index in [2.05, 4.69) is 15.3 Å². The molecule has 0 aliphatic heterocycles. The minimum atomic E-state index is -0.493. The molecule has 0 aliphatic rings. The quantitative estimate of drug-likeness (QED) is 0.819. The lowest BCUT2D eigenvalue weighted by Gasteiger charge is -2.30. The Bertz CT molecular complexity index is 378. The molecule has 0 aromatic carbocycles. The van der Waals surface area contributed by atoms with Gasteiger partial charge in [0, 0.05) is 0 Å². The van der Waals surface area contributed by atoms with E-state index < -0.39 is 11.6 Å². The number of hydrogen-bond acceptors (Lipinski definition) is 5. The molecule has 1 rings (SSSR count). The van der Waals surface area contributed by atoms with E-state index in [1.54, 1.807) is 6.92 Å². The average molecular weight is 239 g/mol. The molecule has 0 bridgehead atoms. The van der Waals surface area contributed by atoms with E-state index >= 15 is 0 Å². The third-order valence-corrected chi connectivity index (χ3v) is 2.80. The maximum atomic E-state index is 9.67. The van der Waals surface area contributed by atoms with E-state index in [1.165, 1.54) is 6.33 Å². The lowest BCUT2D eigenvalue weighted by molar-refractivity contribution is 0.133. The Hall–Kier alpha value is -1.36. The highest BCUT2D eigenvalue weighted by atomic mass is 16.5. The molecule has 5 heteroatoms. The van der Waals surface area contributed by atoms with Gasteiger partial charge in [-0.1, -0.05) is 0 Å². The minimum Gasteiger partial charge on any atom is -0.478 e. The van der Waals surface area contributed by atoms with Crippen LogP contribution in [0.25, 0.3) is 0 Å². The molecule has 1 heterocycles. The number of aliphatic hydroxyl groups is 1. The van der Waals surface area contributed by atoms with Crippen molar-refractivity contribution in [2.75, 3.05) is 11.9 Å². The van der Waals surface area contributed by atoms with Gasteiger partial charge in [0.25, 0.3) is 0 Å². The second kappa shape index (κ2) is 5.31. The smallest absolute Gasteiger partial charge is 0.221 e. The van der Waals surface area contributed by atoms with Crippen LogP contribution in [0.2, 0.25) is 0 Å². The summed E-state index contributed by atoms with van der Waals surface area (Å²) in [4.78, 5) is 8.24. The first-order chi connectivity index (χ1) is 7.88. The summed E-state index contributed by atoms with van der Waals surface area (Å²) >= 11 is 0. The van der Waals surface area contributed by atoms with E-state index in [4.69, 9.17) is 4.74 Å². The third kappa shape index (κ3) is 3.30. The Kier molecular flexibility index (Phi) is 4.28. The molecule has 96 valence electrons. The number of hydrogen-bond donors (Lipinski definition) is 2. The number of rotatable bonds is 5. The third-order valence-electron chi connectivity index (χ3n) is 2.80. The van der Waals surface area contributed by atoms with E-state index in [9.17, 15) is 5.11 Å². The van der Waals surface area contributed by atoms with Crippen LogP contribution in [0, 0.1) is 6.92 Å². The fourth-order valence-corrected chi connectivity index (χ4v) is 1.25. The van der Waals surface area contributed by atoms with Crippen LogP contribution < -0.4 is 10.1 Å². The summed E-state index contributed by atoms with van der Waals surface area (Å²) in [5, 5.41) is 12.9. The topological polar surface area (TPSA) is 67.3 Å². The zero-order valence-electron chi connectivity index (χ0n) is 11.1. The lowest BCUT2D eigenvalue weighted by atomic mass is 9.98. The van der Waals surface area contributed by atoms with Gasteiger partial charge in [-0.15, -0.1) is 0 Å². The Morgan fingerprint density at radius 3 is 2.65 bits per heavy atom. The first kappa shape index (κ1) is 13.7. The van der Waals surface area contributed by atoms with Gasteiger partial charge in [0.1, 0.15) is 12.1 Å². The van der Waals surface area contributed by atoms with E-state index in [0.717, 1.165) is 5.56 Å². The number of nitrogens with zero attached hydrogens (tertiary/aromatic N) is 2. The molecule has 1 aromatic rings. The molecule has 0 amide bonds. The van der Waals surface area contributed by atoms with E-state index in [-0.39, 0.29) is 0 Å². The van der Waals surface area contributed by atoms with Crippen molar-refractivity contribution in [1.82, 2.24) is 9.97 Å². The molecule has 2 N–H and O–H groups in total. The first-order valence-corrected chi connectivity index (χ1v) is 5.79. The normalized spacial score (nSPS) is 13.3. The molecule has 0 saturated heterocycles. The fourth-order valence-electron chi connectivity index (χ4n) is 1.25. The largest absolute Gasteiger partial charge is 0.478 e. The SMILES string of the molecule is CCOc1ncnc(NC(C)(C)C(C)O)c1C. The van der Waals surface area contributed by atoms with Crippen molar-refractivity contribution in [3.63, 3.8) is 0 Å². The Labute approximate surface area is 102 Å². The molecule has 0 saturated carbocycles. The highest BCUT2D eigenvalue weighted by Crippen LogP contribution is 2.24. The van der Waals surface area contributed by atoms with Crippen molar-refractivity contribution in [1.29, 1.82) is 0 Å². The fraction of sp³-hybridized carbons (Fsp3) is 0.667. The molecule has 17 heavy (non-hydrogen) atoms. The van der Waals surface area contributed by atoms with E-state index in [1.807, 2.05) is 27.7 Å². The molecular formula is C12H21N3O2. The summed E-state index contributed by atoms with van der Waals surface area (Å²) < 4.78 is 5.40. The Balaban J connectivity index is 2.96. The molecule has 0 aliphatic carbocycles. The molecule has 1 atom stereocenters. The van der Waals surface area contributed by atoms with Crippen molar-refractivity contribution in [3.05, 3.63) is 11.9 Å². The van der Waals surface area contributed by atoms with Gasteiger partial charge >= 0.3 is 0 Å². The van der Waals surface area contributed by atoms with Crippen LogP contribution in [-0.2, 0) is 0 Å². The molecule has 1 aromatic heterocycles. The number of aliphatic hydroxyl groups excluding tert-OH is 1. The Morgan fingerprint density at radius 2 is 2.12 bits per heavy atom. The molecule has 0 radical (unpaired) electrons. The number of aromatic nitrogens is 2. The van der Waals surface area contributed by atoms with Crippen molar-refractivity contribution in [2.24, 2.45) is 0 Å². The number of nitrogens with one attached hydrogen (secondary N) is 1. The molecule has 1 unspecified atom stereocenters. The highest BCUT2D eigenvalue weighted by Gasteiger charge is 2.25. The van der Waals surface area contributed by atoms with Crippen LogP contribution in [0.15, 0.2) is 6.33 Å². The standard InChI is InChI=1S/C12H21N3O2/c1-6-17-11-8(2)10(13-7-14-11)15-12(4,5)9(3)16/h7,9,16H,6H2,1-5H3,(H,13,14,15). The average Bonchev–Trinajstić information content (AvgIpc) is 2.24. The van der Waals surface area contributed by atoms with Crippen LogP contribution in [0.5, 0.6) is 5.88 Å². The maximum absolute atomic E-state index is 9.67. The maximum Gasteiger partial charge on any atom is 0.221 e. The van der Waals surface area contributed by atoms with Gasteiger partial charge in [-0.2, -0.15) is 0 Å². The van der Waals surface area contributed by atoms with Gasteiger partial charge in [0.2, 0.25) is 5.88 Å². The van der Waals surface area contributed by atoms with Crippen molar-refractivity contribution in [3.8, 4) is 5.88 Å². The predicted molar refractivity (Wildman–Crippen MR) is 67.3 cm³/mol. The summed E-state index contributed by atoms with van der Waals surface area (Å²) in [6, 6.07) is 0. The van der Waals surface area contributed by atoms with Crippen molar-refractivity contribution >= 4 is 5.82 Å². The minimum absolute atomic E-state index is 0.456. The van der Waals surface area contributed by atoms with Gasteiger partial charge in [-0.05, 0) is 34.6 Å². The summed E-state index contributed by atoms with van der Waals surface area (Å²) in [6.45, 7) is 9.95. The van der Waals surface area contributed by atoms with Crippen LogP contribution in [0.1, 0.15) is 33.3 Å². The van der Waals surface area contributed by atoms with Crippen molar-refractivity contribution < 1.29 is 9.84 Å². The van der Waals surface area contributed by atoms with Gasteiger partial charge in [-0.25, -0.2) is 9.97 Å². The van der Waals surface area contributed by atoms with Gasteiger partial charge in [0.15, 0.2) is 0 Å².